The summed E-state index contributed by atoms with van der Waals surface area (Å²) < 4.78 is 10.6. The van der Waals surface area contributed by atoms with Gasteiger partial charge in [-0.25, -0.2) is 14.6 Å². The molecule has 0 atom stereocenters. The van der Waals surface area contributed by atoms with Crippen LogP contribution in [0, 0.1) is 0 Å². The largest absolute Gasteiger partial charge is 0.444 e. The van der Waals surface area contributed by atoms with Crippen LogP contribution in [0.15, 0.2) is 53.5 Å². The van der Waals surface area contributed by atoms with Crippen LogP contribution in [0.25, 0.3) is 22.0 Å². The van der Waals surface area contributed by atoms with Gasteiger partial charge < -0.3 is 9.47 Å². The van der Waals surface area contributed by atoms with Crippen LogP contribution in [0.2, 0.25) is 0 Å². The van der Waals surface area contributed by atoms with E-state index in [0.29, 0.717) is 5.69 Å². The standard InChI is InChI=1S/C30H39N5O4/c1-28(2,3)20-16-14-19(15-17-20)24-22-13-11-10-12-21(22)23(34-35-24)18-31-25(32-26(36)38-29(4,5)6)33-27(37)39-30(7,8)9/h10-17H,18H2,1-9H3,(H2,31,32,33,36,37). The van der Waals surface area contributed by atoms with E-state index in [-0.39, 0.29) is 17.9 Å². The predicted molar refractivity (Wildman–Crippen MR) is 154 cm³/mol. The third-order valence-electron chi connectivity index (χ3n) is 5.41. The first-order chi connectivity index (χ1) is 18.0. The number of aromatic nitrogens is 2. The van der Waals surface area contributed by atoms with Crippen LogP contribution in [0.1, 0.15) is 73.6 Å². The zero-order valence-electron chi connectivity index (χ0n) is 24.3. The molecule has 0 saturated heterocycles. The normalized spacial score (nSPS) is 12.0. The summed E-state index contributed by atoms with van der Waals surface area (Å²) in [4.78, 5) is 29.2. The Morgan fingerprint density at radius 1 is 0.744 bits per heavy atom. The van der Waals surface area contributed by atoms with Crippen molar-refractivity contribution in [2.24, 2.45) is 4.99 Å². The van der Waals surface area contributed by atoms with Crippen LogP contribution in [0.5, 0.6) is 0 Å². The minimum atomic E-state index is -0.762. The monoisotopic (exact) mass is 533 g/mol. The maximum atomic E-state index is 12.4. The lowest BCUT2D eigenvalue weighted by molar-refractivity contribution is 0.0545. The number of benzene rings is 2. The number of rotatable bonds is 3. The Morgan fingerprint density at radius 2 is 1.26 bits per heavy atom. The number of nitrogens with zero attached hydrogens (tertiary/aromatic N) is 3. The van der Waals surface area contributed by atoms with E-state index in [1.165, 1.54) is 5.56 Å². The van der Waals surface area contributed by atoms with Crippen molar-refractivity contribution in [3.05, 3.63) is 59.8 Å². The van der Waals surface area contributed by atoms with Crippen molar-refractivity contribution in [1.82, 2.24) is 20.8 Å². The molecule has 0 unspecified atom stereocenters. The molecule has 3 rings (SSSR count). The molecule has 2 aromatic carbocycles. The molecule has 2 amide bonds. The molecule has 39 heavy (non-hydrogen) atoms. The number of amides is 2. The van der Waals surface area contributed by atoms with E-state index in [1.807, 2.05) is 24.3 Å². The molecule has 0 radical (unpaired) electrons. The van der Waals surface area contributed by atoms with Gasteiger partial charge in [0.25, 0.3) is 0 Å². The average molecular weight is 534 g/mol. The second-order valence-electron chi connectivity index (χ2n) is 12.3. The van der Waals surface area contributed by atoms with Gasteiger partial charge in [-0.2, -0.15) is 5.10 Å². The molecule has 0 bridgehead atoms. The first-order valence-corrected chi connectivity index (χ1v) is 12.9. The smallest absolute Gasteiger partial charge is 0.414 e. The van der Waals surface area contributed by atoms with E-state index in [1.54, 1.807) is 41.5 Å². The van der Waals surface area contributed by atoms with Crippen LogP contribution >= 0.6 is 0 Å². The zero-order valence-corrected chi connectivity index (χ0v) is 24.3. The summed E-state index contributed by atoms with van der Waals surface area (Å²) in [7, 11) is 0. The molecule has 208 valence electrons. The molecule has 0 saturated carbocycles. The van der Waals surface area contributed by atoms with Crippen LogP contribution in [0.3, 0.4) is 0 Å². The van der Waals surface area contributed by atoms with Crippen molar-refractivity contribution < 1.29 is 19.1 Å². The highest BCUT2D eigenvalue weighted by Crippen LogP contribution is 2.30. The second kappa shape index (κ2) is 11.4. The molecule has 3 aromatic rings. The molecule has 2 N–H and O–H groups in total. The molecule has 9 nitrogen and oxygen atoms in total. The number of aliphatic imine (C=N–C) groups is 1. The van der Waals surface area contributed by atoms with Crippen molar-refractivity contribution in [2.75, 3.05) is 0 Å². The van der Waals surface area contributed by atoms with Crippen LogP contribution < -0.4 is 10.6 Å². The van der Waals surface area contributed by atoms with E-state index >= 15 is 0 Å². The highest BCUT2D eigenvalue weighted by atomic mass is 16.6. The van der Waals surface area contributed by atoms with Gasteiger partial charge in [0.2, 0.25) is 5.96 Å². The Balaban J connectivity index is 1.93. The van der Waals surface area contributed by atoms with Gasteiger partial charge in [-0.1, -0.05) is 69.3 Å². The van der Waals surface area contributed by atoms with Crippen LogP contribution in [-0.4, -0.2) is 39.5 Å². The molecule has 0 fully saturated rings. The molecule has 1 aromatic heterocycles. The number of ether oxygens (including phenoxy) is 2. The lowest BCUT2D eigenvalue weighted by Gasteiger charge is -2.22. The van der Waals surface area contributed by atoms with Gasteiger partial charge in [0.05, 0.1) is 12.2 Å². The van der Waals surface area contributed by atoms with E-state index in [2.05, 4.69) is 70.9 Å². The van der Waals surface area contributed by atoms with Gasteiger partial charge in [-0.05, 0) is 52.5 Å². The Hall–Kier alpha value is -4.01. The second-order valence-corrected chi connectivity index (χ2v) is 12.3. The average Bonchev–Trinajstić information content (AvgIpc) is 2.79. The Morgan fingerprint density at radius 3 is 1.74 bits per heavy atom. The first-order valence-electron chi connectivity index (χ1n) is 12.9. The molecule has 0 aliphatic carbocycles. The fourth-order valence-electron chi connectivity index (χ4n) is 3.68. The Labute approximate surface area is 230 Å². The number of hydrogen-bond donors (Lipinski definition) is 2. The summed E-state index contributed by atoms with van der Waals surface area (Å²) in [5.74, 6) is -0.119. The lowest BCUT2D eigenvalue weighted by Crippen LogP contribution is -2.47. The number of nitrogens with one attached hydrogen (secondary N) is 2. The first kappa shape index (κ1) is 29.5. The number of alkyl carbamates (subject to hydrolysis) is 2. The highest BCUT2D eigenvalue weighted by molar-refractivity contribution is 6.01. The van der Waals surface area contributed by atoms with Crippen molar-refractivity contribution in [3.8, 4) is 11.3 Å². The fourth-order valence-corrected chi connectivity index (χ4v) is 3.68. The number of guanidine groups is 1. The lowest BCUT2D eigenvalue weighted by atomic mass is 9.86. The van der Waals surface area contributed by atoms with Crippen molar-refractivity contribution >= 4 is 28.9 Å². The molecular formula is C30H39N5O4. The number of fused-ring (bicyclic) bond motifs is 1. The third-order valence-corrected chi connectivity index (χ3v) is 5.41. The van der Waals surface area contributed by atoms with Crippen LogP contribution in [-0.2, 0) is 21.4 Å². The summed E-state index contributed by atoms with van der Waals surface area (Å²) >= 11 is 0. The number of carbonyl (C=O) groups is 2. The van der Waals surface area contributed by atoms with E-state index in [9.17, 15) is 9.59 Å². The minimum Gasteiger partial charge on any atom is -0.444 e. The molecule has 0 aliphatic heterocycles. The van der Waals surface area contributed by atoms with Crippen molar-refractivity contribution in [1.29, 1.82) is 0 Å². The number of hydrogen-bond acceptors (Lipinski definition) is 7. The fraction of sp³-hybridized carbons (Fsp3) is 0.433. The van der Waals surface area contributed by atoms with Crippen molar-refractivity contribution in [2.45, 2.75) is 85.5 Å². The zero-order chi connectivity index (χ0) is 29.0. The van der Waals surface area contributed by atoms with Gasteiger partial charge in [0.15, 0.2) is 0 Å². The Bertz CT molecular complexity index is 1330. The SMILES string of the molecule is CC(C)(C)OC(=O)NC(=NCc1nnc(-c2ccc(C(C)(C)C)cc2)c2ccccc12)NC(=O)OC(C)(C)C. The molecule has 1 heterocycles. The van der Waals surface area contributed by atoms with Crippen molar-refractivity contribution in [3.63, 3.8) is 0 Å². The minimum absolute atomic E-state index is 0.0394. The summed E-state index contributed by atoms with van der Waals surface area (Å²) in [6.45, 7) is 17.0. The number of carbonyl (C=O) groups excluding carboxylic acids is 2. The summed E-state index contributed by atoms with van der Waals surface area (Å²) in [6, 6.07) is 16.1. The maximum Gasteiger partial charge on any atom is 0.414 e. The predicted octanol–water partition coefficient (Wildman–Crippen LogP) is 6.50. The molecular weight excluding hydrogens is 494 g/mol. The maximum absolute atomic E-state index is 12.4. The van der Waals surface area contributed by atoms with Gasteiger partial charge in [0, 0.05) is 16.3 Å². The van der Waals surface area contributed by atoms with Gasteiger partial charge in [0.1, 0.15) is 16.9 Å². The summed E-state index contributed by atoms with van der Waals surface area (Å²) in [5.41, 5.74) is 2.12. The van der Waals surface area contributed by atoms with Crippen LogP contribution in [0.4, 0.5) is 9.59 Å². The summed E-state index contributed by atoms with van der Waals surface area (Å²) in [5, 5.41) is 15.7. The van der Waals surface area contributed by atoms with Gasteiger partial charge in [-0.15, -0.1) is 5.10 Å². The quantitative estimate of drug-likeness (QED) is 0.293. The molecule has 0 spiro atoms. The molecule has 0 aliphatic rings. The highest BCUT2D eigenvalue weighted by Gasteiger charge is 2.22. The molecule has 9 heteroatoms. The van der Waals surface area contributed by atoms with Gasteiger partial charge in [-0.3, -0.25) is 10.6 Å². The Kier molecular flexibility index (Phi) is 8.63. The third kappa shape index (κ3) is 8.77. The van der Waals surface area contributed by atoms with E-state index in [4.69, 9.17) is 9.47 Å². The van der Waals surface area contributed by atoms with E-state index < -0.39 is 23.4 Å². The van der Waals surface area contributed by atoms with E-state index in [0.717, 1.165) is 22.0 Å². The van der Waals surface area contributed by atoms with Gasteiger partial charge >= 0.3 is 12.2 Å². The summed E-state index contributed by atoms with van der Waals surface area (Å²) in [6.07, 6.45) is -1.52. The topological polar surface area (TPSA) is 115 Å².